The summed E-state index contributed by atoms with van der Waals surface area (Å²) in [5, 5.41) is 3.44. The fourth-order valence-corrected chi connectivity index (χ4v) is 3.63. The van der Waals surface area contributed by atoms with E-state index < -0.39 is 0 Å². The smallest absolute Gasteiger partial charge is 0.254 e. The fourth-order valence-electron chi connectivity index (χ4n) is 2.75. The van der Waals surface area contributed by atoms with E-state index in [1.54, 1.807) is 48.4 Å². The lowest BCUT2D eigenvalue weighted by molar-refractivity contribution is 0.0688. The first-order valence-electron chi connectivity index (χ1n) is 9.23. The number of rotatable bonds is 8. The molecular weight excluding hydrogens is 408 g/mol. The molecule has 0 aliphatic rings. The van der Waals surface area contributed by atoms with E-state index in [-0.39, 0.29) is 11.9 Å². The van der Waals surface area contributed by atoms with Gasteiger partial charge in [-0.2, -0.15) is 0 Å². The summed E-state index contributed by atoms with van der Waals surface area (Å²) in [5.74, 6) is 1.39. The van der Waals surface area contributed by atoms with Gasteiger partial charge in [-0.3, -0.25) is 4.79 Å². The number of benzene rings is 2. The Bertz CT molecular complexity index is 957. The van der Waals surface area contributed by atoms with Gasteiger partial charge in [0.05, 0.1) is 19.3 Å². The van der Waals surface area contributed by atoms with E-state index in [2.05, 4.69) is 4.98 Å². The van der Waals surface area contributed by atoms with Crippen LogP contribution in [-0.2, 0) is 13.2 Å². The van der Waals surface area contributed by atoms with E-state index >= 15 is 0 Å². The summed E-state index contributed by atoms with van der Waals surface area (Å²) in [6.45, 7) is 4.79. The molecule has 3 rings (SSSR count). The van der Waals surface area contributed by atoms with Gasteiger partial charge in [0.15, 0.2) is 0 Å². The number of thiazole rings is 1. The first-order chi connectivity index (χ1) is 14.0. The summed E-state index contributed by atoms with van der Waals surface area (Å²) in [5.41, 5.74) is 1.47. The SMILES string of the molecule is COc1ccc(C(=O)N(Cc2csc(COc3cccc(Cl)c3)n2)C(C)C)cc1. The number of methoxy groups -OCH3 is 1. The van der Waals surface area contributed by atoms with Gasteiger partial charge in [0.25, 0.3) is 5.91 Å². The molecule has 5 nitrogen and oxygen atoms in total. The van der Waals surface area contributed by atoms with Gasteiger partial charge in [-0.1, -0.05) is 17.7 Å². The van der Waals surface area contributed by atoms with Crippen LogP contribution in [0, 0.1) is 0 Å². The molecule has 0 saturated heterocycles. The van der Waals surface area contributed by atoms with Crippen LogP contribution in [0.5, 0.6) is 11.5 Å². The van der Waals surface area contributed by atoms with Crippen molar-refractivity contribution in [2.24, 2.45) is 0 Å². The Labute approximate surface area is 179 Å². The summed E-state index contributed by atoms with van der Waals surface area (Å²) in [7, 11) is 1.60. The van der Waals surface area contributed by atoms with Crippen molar-refractivity contribution in [3.05, 3.63) is 75.2 Å². The number of amides is 1. The first kappa shape index (κ1) is 21.1. The Hall–Kier alpha value is -2.57. The summed E-state index contributed by atoms with van der Waals surface area (Å²) in [6.07, 6.45) is 0. The molecule has 0 saturated carbocycles. The summed E-state index contributed by atoms with van der Waals surface area (Å²) >= 11 is 7.49. The highest BCUT2D eigenvalue weighted by Gasteiger charge is 2.20. The Morgan fingerprint density at radius 3 is 2.59 bits per heavy atom. The van der Waals surface area contributed by atoms with Gasteiger partial charge < -0.3 is 14.4 Å². The molecule has 0 bridgehead atoms. The van der Waals surface area contributed by atoms with Crippen LogP contribution >= 0.6 is 22.9 Å². The zero-order valence-electron chi connectivity index (χ0n) is 16.6. The number of carbonyl (C=O) groups is 1. The summed E-state index contributed by atoms with van der Waals surface area (Å²) in [6, 6.07) is 14.5. The first-order valence-corrected chi connectivity index (χ1v) is 10.5. The second-order valence-corrected chi connectivity index (χ2v) is 8.11. The number of hydrogen-bond acceptors (Lipinski definition) is 5. The minimum atomic E-state index is -0.0348. The highest BCUT2D eigenvalue weighted by atomic mass is 35.5. The Morgan fingerprint density at radius 1 is 1.17 bits per heavy atom. The molecule has 0 aliphatic heterocycles. The molecule has 0 unspecified atom stereocenters. The third-order valence-electron chi connectivity index (χ3n) is 4.31. The largest absolute Gasteiger partial charge is 0.497 e. The van der Waals surface area contributed by atoms with Crippen molar-refractivity contribution >= 4 is 28.8 Å². The predicted molar refractivity (Wildman–Crippen MR) is 116 cm³/mol. The van der Waals surface area contributed by atoms with Gasteiger partial charge >= 0.3 is 0 Å². The van der Waals surface area contributed by atoms with Crippen LogP contribution in [0.4, 0.5) is 0 Å². The van der Waals surface area contributed by atoms with Crippen LogP contribution < -0.4 is 9.47 Å². The van der Waals surface area contributed by atoms with E-state index in [9.17, 15) is 4.79 Å². The molecule has 1 heterocycles. The standard InChI is InChI=1S/C22H23ClN2O3S/c1-15(2)25(22(26)16-7-9-19(27-3)10-8-16)12-18-14-29-21(24-18)13-28-20-6-4-5-17(23)11-20/h4-11,14-15H,12-13H2,1-3H3. The molecule has 3 aromatic rings. The number of halogens is 1. The Kier molecular flexibility index (Phi) is 7.12. The van der Waals surface area contributed by atoms with Gasteiger partial charge in [0, 0.05) is 22.0 Å². The van der Waals surface area contributed by atoms with Gasteiger partial charge in [0.1, 0.15) is 23.1 Å². The monoisotopic (exact) mass is 430 g/mol. The molecule has 0 atom stereocenters. The molecule has 0 aliphatic carbocycles. The summed E-state index contributed by atoms with van der Waals surface area (Å²) < 4.78 is 10.9. The fraction of sp³-hybridized carbons (Fsp3) is 0.273. The topological polar surface area (TPSA) is 51.7 Å². The number of nitrogens with zero attached hydrogens (tertiary/aromatic N) is 2. The van der Waals surface area contributed by atoms with Crippen molar-refractivity contribution in [3.63, 3.8) is 0 Å². The highest BCUT2D eigenvalue weighted by Crippen LogP contribution is 2.21. The molecule has 152 valence electrons. The lowest BCUT2D eigenvalue weighted by Crippen LogP contribution is -2.36. The van der Waals surface area contributed by atoms with E-state index in [4.69, 9.17) is 21.1 Å². The van der Waals surface area contributed by atoms with E-state index in [0.717, 1.165) is 16.5 Å². The van der Waals surface area contributed by atoms with E-state index in [1.807, 2.05) is 31.4 Å². The second kappa shape index (κ2) is 9.76. The molecule has 0 radical (unpaired) electrons. The molecule has 1 amide bonds. The lowest BCUT2D eigenvalue weighted by Gasteiger charge is -2.26. The molecule has 1 aromatic heterocycles. The number of carbonyl (C=O) groups excluding carboxylic acids is 1. The zero-order valence-corrected chi connectivity index (χ0v) is 18.2. The van der Waals surface area contributed by atoms with Crippen LogP contribution in [0.2, 0.25) is 5.02 Å². The Morgan fingerprint density at radius 2 is 1.93 bits per heavy atom. The van der Waals surface area contributed by atoms with Crippen LogP contribution in [0.3, 0.4) is 0 Å². The van der Waals surface area contributed by atoms with Gasteiger partial charge in [-0.15, -0.1) is 11.3 Å². The van der Waals surface area contributed by atoms with E-state index in [1.165, 1.54) is 11.3 Å². The van der Waals surface area contributed by atoms with Crippen LogP contribution in [0.25, 0.3) is 0 Å². The second-order valence-electron chi connectivity index (χ2n) is 6.73. The minimum absolute atomic E-state index is 0.0348. The lowest BCUT2D eigenvalue weighted by atomic mass is 10.1. The number of ether oxygens (including phenoxy) is 2. The van der Waals surface area contributed by atoms with Crippen LogP contribution in [0.1, 0.15) is 34.9 Å². The third kappa shape index (κ3) is 5.71. The molecule has 0 spiro atoms. The number of hydrogen-bond donors (Lipinski definition) is 0. The molecular formula is C22H23ClN2O3S. The van der Waals surface area contributed by atoms with Gasteiger partial charge in [-0.05, 0) is 56.3 Å². The Balaban J connectivity index is 1.65. The van der Waals surface area contributed by atoms with Crippen molar-refractivity contribution in [1.29, 1.82) is 0 Å². The van der Waals surface area contributed by atoms with Crippen LogP contribution in [-0.4, -0.2) is 28.9 Å². The van der Waals surface area contributed by atoms with Crippen LogP contribution in [0.15, 0.2) is 53.9 Å². The zero-order chi connectivity index (χ0) is 20.8. The molecule has 2 aromatic carbocycles. The van der Waals surface area contributed by atoms with Crippen molar-refractivity contribution in [2.45, 2.75) is 33.0 Å². The van der Waals surface area contributed by atoms with Crippen molar-refractivity contribution < 1.29 is 14.3 Å². The molecule has 0 fully saturated rings. The van der Waals surface area contributed by atoms with Gasteiger partial charge in [0.2, 0.25) is 0 Å². The quantitative estimate of drug-likeness (QED) is 0.477. The normalized spacial score (nSPS) is 10.8. The molecule has 7 heteroatoms. The highest BCUT2D eigenvalue weighted by molar-refractivity contribution is 7.09. The van der Waals surface area contributed by atoms with Crippen molar-refractivity contribution in [2.75, 3.05) is 7.11 Å². The molecule has 0 N–H and O–H groups in total. The average molecular weight is 431 g/mol. The third-order valence-corrected chi connectivity index (χ3v) is 5.42. The maximum Gasteiger partial charge on any atom is 0.254 e. The van der Waals surface area contributed by atoms with E-state index in [0.29, 0.717) is 29.5 Å². The molecule has 29 heavy (non-hydrogen) atoms. The van der Waals surface area contributed by atoms with Crippen molar-refractivity contribution in [3.8, 4) is 11.5 Å². The van der Waals surface area contributed by atoms with Crippen molar-refractivity contribution in [1.82, 2.24) is 9.88 Å². The maximum absolute atomic E-state index is 13.0. The maximum atomic E-state index is 13.0. The number of aromatic nitrogens is 1. The minimum Gasteiger partial charge on any atom is -0.497 e. The predicted octanol–water partition coefficient (Wildman–Crippen LogP) is 5.43. The average Bonchev–Trinajstić information content (AvgIpc) is 3.17. The van der Waals surface area contributed by atoms with Gasteiger partial charge in [-0.25, -0.2) is 4.98 Å². The summed E-state index contributed by atoms with van der Waals surface area (Å²) in [4.78, 5) is 19.4.